The van der Waals surface area contributed by atoms with E-state index in [1.54, 1.807) is 61.7 Å². The van der Waals surface area contributed by atoms with Gasteiger partial charge in [-0.25, -0.2) is 0 Å². The average Bonchev–Trinajstić information content (AvgIpc) is 3.15. The van der Waals surface area contributed by atoms with E-state index >= 15 is 0 Å². The van der Waals surface area contributed by atoms with Crippen LogP contribution in [-0.2, 0) is 11.4 Å². The molecular weight excluding hydrogens is 488 g/mol. The van der Waals surface area contributed by atoms with Gasteiger partial charge >= 0.3 is 0 Å². The van der Waals surface area contributed by atoms with E-state index in [0.717, 1.165) is 11.1 Å². The van der Waals surface area contributed by atoms with Crippen molar-refractivity contribution in [3.05, 3.63) is 92.9 Å². The number of ether oxygens (including phenoxy) is 3. The van der Waals surface area contributed by atoms with Gasteiger partial charge in [0.2, 0.25) is 0 Å². The number of thioether (sulfide) groups is 1. The lowest BCUT2D eigenvalue weighted by molar-refractivity contribution is -0.384. The van der Waals surface area contributed by atoms with Gasteiger partial charge < -0.3 is 14.2 Å². The number of nitrogens with zero attached hydrogens (tertiary/aromatic N) is 2. The van der Waals surface area contributed by atoms with Gasteiger partial charge in [-0.1, -0.05) is 30.0 Å². The van der Waals surface area contributed by atoms with E-state index in [-0.39, 0.29) is 18.2 Å². The van der Waals surface area contributed by atoms with Gasteiger partial charge in [0.1, 0.15) is 12.4 Å². The number of nitro groups is 1. The van der Waals surface area contributed by atoms with Crippen molar-refractivity contribution in [2.75, 3.05) is 19.1 Å². The van der Waals surface area contributed by atoms with Gasteiger partial charge in [-0.15, -0.1) is 0 Å². The van der Waals surface area contributed by atoms with Crippen molar-refractivity contribution < 1.29 is 23.9 Å². The average molecular weight is 509 g/mol. The van der Waals surface area contributed by atoms with E-state index in [4.69, 9.17) is 26.4 Å². The van der Waals surface area contributed by atoms with E-state index in [1.165, 1.54) is 35.9 Å². The lowest BCUT2D eigenvalue weighted by Gasteiger charge is -2.14. The highest BCUT2D eigenvalue weighted by Gasteiger charge is 2.33. The Kier molecular flexibility index (Phi) is 7.33. The molecule has 178 valence electrons. The zero-order chi connectivity index (χ0) is 24.9. The third-order valence-corrected chi connectivity index (χ3v) is 6.45. The fraction of sp³-hybridized carbons (Fsp3) is 0.120. The van der Waals surface area contributed by atoms with Crippen molar-refractivity contribution in [2.24, 2.45) is 0 Å². The Bertz CT molecular complexity index is 1310. The Morgan fingerprint density at radius 2 is 1.71 bits per heavy atom. The molecule has 4 rings (SSSR count). The molecule has 1 amide bonds. The highest BCUT2D eigenvalue weighted by Crippen LogP contribution is 2.37. The first-order chi connectivity index (χ1) is 16.9. The van der Waals surface area contributed by atoms with Crippen LogP contribution in [-0.4, -0.2) is 29.4 Å². The number of thiocarbonyl (C=S) groups is 1. The second-order valence-corrected chi connectivity index (χ2v) is 9.01. The zero-order valence-electron chi connectivity index (χ0n) is 18.8. The number of rotatable bonds is 8. The number of amides is 1. The number of benzene rings is 3. The first-order valence-corrected chi connectivity index (χ1v) is 11.6. The fourth-order valence-corrected chi connectivity index (χ4v) is 4.64. The third kappa shape index (κ3) is 5.44. The summed E-state index contributed by atoms with van der Waals surface area (Å²) in [5.41, 5.74) is 2.22. The SMILES string of the molecule is COc1ccc(N2C(=O)/C(=C\c3ccc(OCc4ccc([N+](=O)[O-])cc4)c(OC)c3)SC2=S)cc1. The Balaban J connectivity index is 1.49. The summed E-state index contributed by atoms with van der Waals surface area (Å²) in [6.45, 7) is 0.216. The molecule has 0 aliphatic carbocycles. The minimum atomic E-state index is -0.447. The summed E-state index contributed by atoms with van der Waals surface area (Å²) in [6.07, 6.45) is 1.76. The summed E-state index contributed by atoms with van der Waals surface area (Å²) in [5, 5.41) is 10.8. The Morgan fingerprint density at radius 1 is 1.00 bits per heavy atom. The number of methoxy groups -OCH3 is 2. The van der Waals surface area contributed by atoms with Crippen molar-refractivity contribution in [3.63, 3.8) is 0 Å². The molecule has 1 fully saturated rings. The predicted molar refractivity (Wildman–Crippen MR) is 139 cm³/mol. The summed E-state index contributed by atoms with van der Waals surface area (Å²) in [6, 6.07) is 18.6. The normalized spacial score (nSPS) is 14.3. The molecule has 0 bridgehead atoms. The van der Waals surface area contributed by atoms with Crippen molar-refractivity contribution in [2.45, 2.75) is 6.61 Å². The molecule has 1 aliphatic heterocycles. The van der Waals surface area contributed by atoms with E-state index in [1.807, 2.05) is 6.07 Å². The molecule has 8 nitrogen and oxygen atoms in total. The summed E-state index contributed by atoms with van der Waals surface area (Å²) >= 11 is 6.67. The number of nitro benzene ring substituents is 1. The molecule has 0 atom stereocenters. The van der Waals surface area contributed by atoms with E-state index in [2.05, 4.69) is 0 Å². The predicted octanol–water partition coefficient (Wildman–Crippen LogP) is 5.60. The van der Waals surface area contributed by atoms with Crippen LogP contribution in [0.2, 0.25) is 0 Å². The van der Waals surface area contributed by atoms with Crippen molar-refractivity contribution in [1.29, 1.82) is 0 Å². The van der Waals surface area contributed by atoms with Crippen LogP contribution < -0.4 is 19.1 Å². The second kappa shape index (κ2) is 10.6. The molecule has 0 radical (unpaired) electrons. The van der Waals surface area contributed by atoms with Gasteiger partial charge in [0, 0.05) is 12.1 Å². The number of anilines is 1. The van der Waals surface area contributed by atoms with E-state index in [0.29, 0.717) is 32.2 Å². The van der Waals surface area contributed by atoms with Crippen molar-refractivity contribution >= 4 is 51.7 Å². The lowest BCUT2D eigenvalue weighted by atomic mass is 10.1. The van der Waals surface area contributed by atoms with Gasteiger partial charge in [-0.3, -0.25) is 19.8 Å². The minimum Gasteiger partial charge on any atom is -0.497 e. The molecule has 0 N–H and O–H groups in total. The quantitative estimate of drug-likeness (QED) is 0.168. The van der Waals surface area contributed by atoms with Crippen LogP contribution in [0.5, 0.6) is 17.2 Å². The fourth-order valence-electron chi connectivity index (χ4n) is 3.34. The van der Waals surface area contributed by atoms with Crippen LogP contribution in [0.1, 0.15) is 11.1 Å². The molecule has 1 heterocycles. The van der Waals surface area contributed by atoms with Gasteiger partial charge in [0.05, 0.1) is 29.7 Å². The zero-order valence-corrected chi connectivity index (χ0v) is 20.4. The molecular formula is C25H20N2O6S2. The lowest BCUT2D eigenvalue weighted by Crippen LogP contribution is -2.27. The molecule has 0 aromatic heterocycles. The maximum Gasteiger partial charge on any atom is 0.270 e. The molecule has 1 saturated heterocycles. The number of hydrogen-bond acceptors (Lipinski definition) is 8. The number of hydrogen-bond donors (Lipinski definition) is 0. The number of carbonyl (C=O) groups excluding carboxylic acids is 1. The van der Waals surface area contributed by atoms with Crippen LogP contribution in [0, 0.1) is 10.1 Å². The summed E-state index contributed by atoms with van der Waals surface area (Å²) < 4.78 is 16.9. The Morgan fingerprint density at radius 3 is 2.34 bits per heavy atom. The first kappa shape index (κ1) is 24.2. The van der Waals surface area contributed by atoms with Crippen LogP contribution in [0.15, 0.2) is 71.6 Å². The molecule has 3 aromatic carbocycles. The highest BCUT2D eigenvalue weighted by atomic mass is 32.2. The standard InChI is InChI=1S/C25H20N2O6S2/c1-31-20-10-8-18(9-11-20)26-24(28)23(35-25(26)34)14-17-5-12-21(22(13-17)32-2)33-15-16-3-6-19(7-4-16)27(29)30/h3-14H,15H2,1-2H3/b23-14+. The van der Waals surface area contributed by atoms with Crippen LogP contribution in [0.25, 0.3) is 6.08 Å². The highest BCUT2D eigenvalue weighted by molar-refractivity contribution is 8.27. The monoisotopic (exact) mass is 508 g/mol. The minimum absolute atomic E-state index is 0.0214. The van der Waals surface area contributed by atoms with Crippen LogP contribution >= 0.6 is 24.0 Å². The number of carbonyl (C=O) groups is 1. The summed E-state index contributed by atoms with van der Waals surface area (Å²) in [5.74, 6) is 1.49. The Hall–Kier alpha value is -3.89. The summed E-state index contributed by atoms with van der Waals surface area (Å²) in [4.78, 5) is 25.4. The maximum atomic E-state index is 13.0. The molecule has 1 aliphatic rings. The maximum absolute atomic E-state index is 13.0. The smallest absolute Gasteiger partial charge is 0.270 e. The molecule has 35 heavy (non-hydrogen) atoms. The van der Waals surface area contributed by atoms with Crippen LogP contribution in [0.3, 0.4) is 0 Å². The molecule has 3 aromatic rings. The first-order valence-electron chi connectivity index (χ1n) is 10.4. The molecule has 0 saturated carbocycles. The van der Waals surface area contributed by atoms with Crippen molar-refractivity contribution in [3.8, 4) is 17.2 Å². The summed E-state index contributed by atoms with van der Waals surface area (Å²) in [7, 11) is 3.11. The van der Waals surface area contributed by atoms with Gasteiger partial charge in [0.25, 0.3) is 11.6 Å². The second-order valence-electron chi connectivity index (χ2n) is 7.34. The van der Waals surface area contributed by atoms with Crippen LogP contribution in [0.4, 0.5) is 11.4 Å². The third-order valence-electron chi connectivity index (χ3n) is 5.15. The topological polar surface area (TPSA) is 91.1 Å². The molecule has 10 heteroatoms. The molecule has 0 spiro atoms. The largest absolute Gasteiger partial charge is 0.497 e. The van der Waals surface area contributed by atoms with Crippen molar-refractivity contribution in [1.82, 2.24) is 0 Å². The number of non-ortho nitro benzene ring substituents is 1. The van der Waals surface area contributed by atoms with Gasteiger partial charge in [0.15, 0.2) is 15.8 Å². The van der Waals surface area contributed by atoms with E-state index < -0.39 is 4.92 Å². The Labute approximate surface area is 211 Å². The van der Waals surface area contributed by atoms with Gasteiger partial charge in [-0.05, 0) is 65.7 Å². The van der Waals surface area contributed by atoms with Gasteiger partial charge in [-0.2, -0.15) is 0 Å². The van der Waals surface area contributed by atoms with E-state index in [9.17, 15) is 14.9 Å². The molecule has 0 unspecified atom stereocenters.